The summed E-state index contributed by atoms with van der Waals surface area (Å²) in [6.07, 6.45) is 2.71. The van der Waals surface area contributed by atoms with Gasteiger partial charge >= 0.3 is 5.97 Å². The van der Waals surface area contributed by atoms with Gasteiger partial charge < -0.3 is 19.1 Å². The summed E-state index contributed by atoms with van der Waals surface area (Å²) in [5, 5.41) is 0.832. The number of amides is 2. The quantitative estimate of drug-likeness (QED) is 0.104. The number of fused-ring (bicyclic) bond motifs is 1. The molecule has 2 amide bonds. The molecule has 1 aliphatic heterocycles. The molecule has 0 bridgehead atoms. The van der Waals surface area contributed by atoms with E-state index in [0.717, 1.165) is 5.39 Å². The summed E-state index contributed by atoms with van der Waals surface area (Å²) in [6.45, 7) is 14.5. The normalized spacial score (nSPS) is 22.6. The molecule has 56 heavy (non-hydrogen) atoms. The summed E-state index contributed by atoms with van der Waals surface area (Å²) in [5.41, 5.74) is -2.61. The number of Topliss-reactive ketones (excluding diaryl/α,β-unsaturated/α-hetero) is 2. The summed E-state index contributed by atoms with van der Waals surface area (Å²) in [4.78, 5) is 74.5. The molecule has 0 radical (unpaired) electrons. The topological polar surface area (TPSA) is 175 Å². The van der Waals surface area contributed by atoms with Crippen LogP contribution in [-0.2, 0) is 38.7 Å². The number of esters is 1. The van der Waals surface area contributed by atoms with Crippen molar-refractivity contribution in [2.24, 2.45) is 22.7 Å². The lowest BCUT2D eigenvalue weighted by molar-refractivity contribution is -0.159. The maximum atomic E-state index is 14.6. The van der Waals surface area contributed by atoms with Crippen LogP contribution in [0.4, 0.5) is 0 Å². The summed E-state index contributed by atoms with van der Waals surface area (Å²) in [7, 11) is -2.33. The number of ether oxygens (including phenoxy) is 3. The highest BCUT2D eigenvalue weighted by Crippen LogP contribution is 2.57. The fourth-order valence-corrected chi connectivity index (χ4v) is 8.39. The van der Waals surface area contributed by atoms with Gasteiger partial charge in [-0.2, -0.15) is 0 Å². The van der Waals surface area contributed by atoms with E-state index >= 15 is 0 Å². The summed E-state index contributed by atoms with van der Waals surface area (Å²) in [5.74, 6) is 2.12. The van der Waals surface area contributed by atoms with Gasteiger partial charge in [0.05, 0.1) is 36.8 Å². The molecular formula is C42H53N3O10S. The van der Waals surface area contributed by atoms with E-state index in [0.29, 0.717) is 24.0 Å². The van der Waals surface area contributed by atoms with Crippen LogP contribution in [0.25, 0.3) is 10.8 Å². The minimum atomic E-state index is -3.89. The third-order valence-corrected chi connectivity index (χ3v) is 12.0. The average molecular weight is 792 g/mol. The van der Waals surface area contributed by atoms with Gasteiger partial charge in [0.2, 0.25) is 33.5 Å². The number of benzene rings is 1. The van der Waals surface area contributed by atoms with Crippen molar-refractivity contribution in [1.29, 1.82) is 0 Å². The molecule has 2 aliphatic carbocycles. The largest absolute Gasteiger partial charge is 0.497 e. The van der Waals surface area contributed by atoms with Crippen molar-refractivity contribution >= 4 is 50.1 Å². The van der Waals surface area contributed by atoms with Crippen LogP contribution in [0.15, 0.2) is 43.1 Å². The Morgan fingerprint density at radius 2 is 1.82 bits per heavy atom. The van der Waals surface area contributed by atoms with Crippen molar-refractivity contribution in [1.82, 2.24) is 14.6 Å². The number of sulfonamides is 1. The number of methoxy groups -OCH3 is 1. The van der Waals surface area contributed by atoms with Gasteiger partial charge in [0, 0.05) is 42.2 Å². The smallest absolute Gasteiger partial charge is 0.307 e. The molecule has 2 aromatic rings. The van der Waals surface area contributed by atoms with Crippen molar-refractivity contribution in [3.63, 3.8) is 0 Å². The monoisotopic (exact) mass is 791 g/mol. The van der Waals surface area contributed by atoms with E-state index in [1.807, 2.05) is 26.8 Å². The molecule has 2 heterocycles. The lowest BCUT2D eigenvalue weighted by atomic mass is 9.90. The molecule has 13 nitrogen and oxygen atoms in total. The number of ketones is 2. The van der Waals surface area contributed by atoms with E-state index in [1.54, 1.807) is 52.3 Å². The Bertz CT molecular complexity index is 2070. The molecule has 0 spiro atoms. The number of pyridine rings is 1. The zero-order valence-corrected chi connectivity index (χ0v) is 34.1. The third-order valence-electron chi connectivity index (χ3n) is 10.2. The van der Waals surface area contributed by atoms with Gasteiger partial charge in [-0.05, 0) is 109 Å². The molecule has 5 rings (SSSR count). The summed E-state index contributed by atoms with van der Waals surface area (Å²) >= 11 is 0. The minimum Gasteiger partial charge on any atom is -0.497 e. The molecule has 3 aliphatic rings. The molecule has 302 valence electrons. The Labute approximate surface area is 329 Å². The number of nitrogens with zero attached hydrogens (tertiary/aromatic N) is 2. The standard InChI is InChI=1S/C42H53N3O10S/c1-9-28-23-42(28,39(50)44-56(51,52)32-13-14-32)24-35(47)34-22-31(54-37-33-15-12-30(53-8)20-26(33)17-19-43-37)25-45(34)38(49)27(21-36(48)55-41(5,6)7)10-11-29(46)16-18-40(2,3)4/h9,12,15,17,19-20,27-28,31-32,34H,1,10-11,13-14,21-25H2,2-8H3,(H,44,50)/t27-,28-,31-,34+,42-/m1/s1. The maximum absolute atomic E-state index is 14.6. The van der Waals surface area contributed by atoms with Gasteiger partial charge in [-0.1, -0.05) is 12.0 Å². The van der Waals surface area contributed by atoms with E-state index in [4.69, 9.17) is 14.2 Å². The molecule has 1 N–H and O–H groups in total. The summed E-state index contributed by atoms with van der Waals surface area (Å²) in [6, 6.07) is 6.09. The number of likely N-dealkylation sites (tertiary alicyclic amines) is 1. The second-order valence-corrected chi connectivity index (χ2v) is 19.1. The fraction of sp³-hybridized carbons (Fsp3) is 0.571. The molecule has 1 aromatic heterocycles. The number of carbonyl (C=O) groups is 5. The van der Waals surface area contributed by atoms with Crippen molar-refractivity contribution in [2.45, 2.75) is 116 Å². The lowest BCUT2D eigenvalue weighted by Gasteiger charge is -2.29. The first-order valence-electron chi connectivity index (χ1n) is 19.0. The highest BCUT2D eigenvalue weighted by Gasteiger charge is 2.61. The number of hydrogen-bond donors (Lipinski definition) is 1. The second-order valence-electron chi connectivity index (χ2n) is 17.2. The molecule has 1 aromatic carbocycles. The molecule has 3 fully saturated rings. The van der Waals surface area contributed by atoms with Gasteiger partial charge in [-0.25, -0.2) is 13.4 Å². The fourth-order valence-electron chi connectivity index (χ4n) is 7.00. The van der Waals surface area contributed by atoms with Crippen LogP contribution in [0.2, 0.25) is 0 Å². The van der Waals surface area contributed by atoms with E-state index in [1.165, 1.54) is 11.0 Å². The average Bonchev–Trinajstić information content (AvgIpc) is 4.04. The maximum Gasteiger partial charge on any atom is 0.307 e. The predicted octanol–water partition coefficient (Wildman–Crippen LogP) is 5.10. The third kappa shape index (κ3) is 10.5. The zero-order valence-electron chi connectivity index (χ0n) is 33.3. The molecule has 0 unspecified atom stereocenters. The molecule has 5 atom stereocenters. The van der Waals surface area contributed by atoms with Crippen molar-refractivity contribution in [2.75, 3.05) is 13.7 Å². The first kappa shape index (κ1) is 42.4. The molecule has 2 saturated carbocycles. The van der Waals surface area contributed by atoms with Crippen LogP contribution in [0.3, 0.4) is 0 Å². The Morgan fingerprint density at radius 3 is 2.43 bits per heavy atom. The van der Waals surface area contributed by atoms with E-state index in [9.17, 15) is 32.4 Å². The number of allylic oxidation sites excluding steroid dienone is 1. The van der Waals surface area contributed by atoms with Gasteiger partial charge in [0.15, 0.2) is 5.78 Å². The SMILES string of the molecule is C=C[C@@H]1C[C@]1(CC(=O)[C@@H]1C[C@@H](Oc2nccc3cc(OC)ccc23)CN1C(=O)[C@H](CCC(=O)C#CC(C)(C)C)CC(=O)OC(C)(C)C)C(=O)NS(=O)(=O)C1CC1. The molecule has 14 heteroatoms. The number of nitrogens with one attached hydrogen (secondary N) is 1. The predicted molar refractivity (Wildman–Crippen MR) is 209 cm³/mol. The number of carbonyl (C=O) groups excluding carboxylic acids is 5. The first-order valence-corrected chi connectivity index (χ1v) is 20.6. The second kappa shape index (κ2) is 16.4. The highest BCUT2D eigenvalue weighted by molar-refractivity contribution is 7.90. The van der Waals surface area contributed by atoms with Gasteiger partial charge in [0.1, 0.15) is 17.5 Å². The number of hydrogen-bond acceptors (Lipinski definition) is 11. The van der Waals surface area contributed by atoms with E-state index < -0.39 is 85.0 Å². The van der Waals surface area contributed by atoms with Crippen LogP contribution in [0.5, 0.6) is 11.6 Å². The highest BCUT2D eigenvalue weighted by atomic mass is 32.2. The Balaban J connectivity index is 1.45. The Hall–Kier alpha value is -4.77. The molecule has 1 saturated heterocycles. The van der Waals surface area contributed by atoms with Crippen LogP contribution >= 0.6 is 0 Å². The van der Waals surface area contributed by atoms with Crippen molar-refractivity contribution < 1.29 is 46.6 Å². The minimum absolute atomic E-state index is 0.0325. The number of rotatable bonds is 16. The van der Waals surface area contributed by atoms with E-state index in [2.05, 4.69) is 28.1 Å². The van der Waals surface area contributed by atoms with Gasteiger partial charge in [-0.3, -0.25) is 28.7 Å². The van der Waals surface area contributed by atoms with Crippen LogP contribution in [0.1, 0.15) is 92.9 Å². The van der Waals surface area contributed by atoms with Gasteiger partial charge in [0.25, 0.3) is 0 Å². The van der Waals surface area contributed by atoms with Crippen LogP contribution in [0, 0.1) is 34.5 Å². The summed E-state index contributed by atoms with van der Waals surface area (Å²) < 4.78 is 45.0. The lowest BCUT2D eigenvalue weighted by Crippen LogP contribution is -2.46. The Kier molecular flexibility index (Phi) is 12.4. The van der Waals surface area contributed by atoms with Crippen LogP contribution in [-0.4, -0.2) is 84.3 Å². The van der Waals surface area contributed by atoms with Crippen molar-refractivity contribution in [3.05, 3.63) is 43.1 Å². The molecular weight excluding hydrogens is 739 g/mol. The van der Waals surface area contributed by atoms with Crippen molar-refractivity contribution in [3.8, 4) is 23.5 Å². The van der Waals surface area contributed by atoms with Gasteiger partial charge in [-0.15, -0.1) is 6.58 Å². The van der Waals surface area contributed by atoms with E-state index in [-0.39, 0.29) is 50.9 Å². The zero-order chi connectivity index (χ0) is 41.2. The Morgan fingerprint density at radius 1 is 1.11 bits per heavy atom. The number of aromatic nitrogens is 1. The first-order chi connectivity index (χ1) is 26.1. The van der Waals surface area contributed by atoms with Crippen LogP contribution < -0.4 is 14.2 Å².